The van der Waals surface area contributed by atoms with Crippen LogP contribution in [-0.4, -0.2) is 19.8 Å². The molecule has 1 aromatic carbocycles. The highest BCUT2D eigenvalue weighted by Gasteiger charge is 2.13. The molecule has 2 rings (SSSR count). The van der Waals surface area contributed by atoms with Gasteiger partial charge >= 0.3 is 0 Å². The van der Waals surface area contributed by atoms with E-state index in [9.17, 15) is 0 Å². The maximum absolute atomic E-state index is 5.85. The summed E-state index contributed by atoms with van der Waals surface area (Å²) >= 11 is 0. The Morgan fingerprint density at radius 1 is 0.947 bits per heavy atom. The molecule has 0 spiro atoms. The quantitative estimate of drug-likeness (QED) is 0.767. The highest BCUT2D eigenvalue weighted by Crippen LogP contribution is 2.25. The molecule has 3 heteroatoms. The van der Waals surface area contributed by atoms with Crippen molar-refractivity contribution in [2.24, 2.45) is 11.7 Å². The lowest BCUT2D eigenvalue weighted by Gasteiger charge is -2.21. The summed E-state index contributed by atoms with van der Waals surface area (Å²) in [7, 11) is 0. The molecule has 106 valence electrons. The highest BCUT2D eigenvalue weighted by molar-refractivity contribution is 5.31. The third-order valence-electron chi connectivity index (χ3n) is 3.65. The van der Waals surface area contributed by atoms with Gasteiger partial charge in [0.1, 0.15) is 11.5 Å². The number of nitrogens with two attached hydrogens (primary N) is 1. The Kier molecular flexibility index (Phi) is 6.02. The Morgan fingerprint density at radius 3 is 2.21 bits per heavy atom. The van der Waals surface area contributed by atoms with Crippen molar-refractivity contribution in [2.75, 3.05) is 19.8 Å². The van der Waals surface area contributed by atoms with Crippen LogP contribution < -0.4 is 15.2 Å². The molecule has 19 heavy (non-hydrogen) atoms. The molecule has 0 saturated heterocycles. The fourth-order valence-corrected chi connectivity index (χ4v) is 2.47. The molecule has 1 aromatic rings. The zero-order chi connectivity index (χ0) is 13.3. The largest absolute Gasteiger partial charge is 0.494 e. The van der Waals surface area contributed by atoms with Gasteiger partial charge < -0.3 is 15.2 Å². The number of benzene rings is 1. The second-order valence-electron chi connectivity index (χ2n) is 5.28. The molecule has 1 saturated carbocycles. The van der Waals surface area contributed by atoms with Gasteiger partial charge in [0, 0.05) is 0 Å². The van der Waals surface area contributed by atoms with Crippen LogP contribution in [-0.2, 0) is 0 Å². The van der Waals surface area contributed by atoms with Crippen molar-refractivity contribution in [1.82, 2.24) is 0 Å². The molecule has 0 heterocycles. The van der Waals surface area contributed by atoms with Gasteiger partial charge in [-0.1, -0.05) is 19.3 Å². The molecule has 0 aromatic heterocycles. The summed E-state index contributed by atoms with van der Waals surface area (Å²) in [6, 6.07) is 7.90. The average molecular weight is 263 g/mol. The Morgan fingerprint density at radius 2 is 1.58 bits per heavy atom. The van der Waals surface area contributed by atoms with Gasteiger partial charge in [0.15, 0.2) is 0 Å². The predicted octanol–water partition coefficient (Wildman–Crippen LogP) is 3.37. The van der Waals surface area contributed by atoms with Gasteiger partial charge in [-0.2, -0.15) is 0 Å². The van der Waals surface area contributed by atoms with Gasteiger partial charge in [-0.3, -0.25) is 0 Å². The van der Waals surface area contributed by atoms with Crippen LogP contribution in [0.5, 0.6) is 11.5 Å². The van der Waals surface area contributed by atoms with Gasteiger partial charge in [0.25, 0.3) is 0 Å². The minimum Gasteiger partial charge on any atom is -0.494 e. The molecule has 1 fully saturated rings. The maximum Gasteiger partial charge on any atom is 0.119 e. The highest BCUT2D eigenvalue weighted by atomic mass is 16.5. The topological polar surface area (TPSA) is 44.5 Å². The van der Waals surface area contributed by atoms with Crippen LogP contribution in [0.3, 0.4) is 0 Å². The summed E-state index contributed by atoms with van der Waals surface area (Å²) in [4.78, 5) is 0. The first kappa shape index (κ1) is 14.2. The Hall–Kier alpha value is -1.22. The zero-order valence-corrected chi connectivity index (χ0v) is 11.6. The molecule has 0 radical (unpaired) electrons. The van der Waals surface area contributed by atoms with Crippen molar-refractivity contribution in [3.8, 4) is 11.5 Å². The van der Waals surface area contributed by atoms with E-state index in [0.29, 0.717) is 13.2 Å². The first-order valence-corrected chi connectivity index (χ1v) is 7.44. The molecule has 0 bridgehead atoms. The van der Waals surface area contributed by atoms with Crippen molar-refractivity contribution in [2.45, 2.75) is 38.5 Å². The average Bonchev–Trinajstić information content (AvgIpc) is 2.48. The Balaban J connectivity index is 1.71. The molecule has 1 aliphatic carbocycles. The molecular formula is C16H25NO2. The molecule has 0 unspecified atom stereocenters. The van der Waals surface area contributed by atoms with Gasteiger partial charge in [-0.05, 0) is 56.0 Å². The summed E-state index contributed by atoms with van der Waals surface area (Å²) < 4.78 is 11.4. The van der Waals surface area contributed by atoms with E-state index in [1.54, 1.807) is 0 Å². The summed E-state index contributed by atoms with van der Waals surface area (Å²) in [5.74, 6) is 2.57. The number of ether oxygens (including phenoxy) is 2. The fourth-order valence-electron chi connectivity index (χ4n) is 2.47. The number of hydrogen-bond donors (Lipinski definition) is 1. The van der Waals surface area contributed by atoms with Crippen LogP contribution in [0.25, 0.3) is 0 Å². The van der Waals surface area contributed by atoms with Crippen molar-refractivity contribution < 1.29 is 9.47 Å². The maximum atomic E-state index is 5.85. The van der Waals surface area contributed by atoms with Crippen LogP contribution in [0.15, 0.2) is 24.3 Å². The monoisotopic (exact) mass is 263 g/mol. The zero-order valence-electron chi connectivity index (χ0n) is 11.6. The van der Waals surface area contributed by atoms with E-state index in [0.717, 1.165) is 30.4 Å². The normalized spacial score (nSPS) is 16.3. The van der Waals surface area contributed by atoms with Crippen molar-refractivity contribution in [1.29, 1.82) is 0 Å². The van der Waals surface area contributed by atoms with Crippen molar-refractivity contribution >= 4 is 0 Å². The molecular weight excluding hydrogens is 238 g/mol. The first-order valence-electron chi connectivity index (χ1n) is 7.44. The van der Waals surface area contributed by atoms with Crippen LogP contribution >= 0.6 is 0 Å². The van der Waals surface area contributed by atoms with Crippen LogP contribution in [0.2, 0.25) is 0 Å². The smallest absolute Gasteiger partial charge is 0.119 e. The van der Waals surface area contributed by atoms with Crippen LogP contribution in [0.4, 0.5) is 0 Å². The molecule has 0 aliphatic heterocycles. The van der Waals surface area contributed by atoms with Gasteiger partial charge in [0.05, 0.1) is 13.2 Å². The van der Waals surface area contributed by atoms with E-state index < -0.39 is 0 Å². The molecule has 2 N–H and O–H groups in total. The minimum atomic E-state index is 0.669. The van der Waals surface area contributed by atoms with E-state index in [1.165, 1.54) is 32.1 Å². The molecule has 0 atom stereocenters. The third-order valence-corrected chi connectivity index (χ3v) is 3.65. The summed E-state index contributed by atoms with van der Waals surface area (Å²) in [5.41, 5.74) is 5.43. The van der Waals surface area contributed by atoms with E-state index in [1.807, 2.05) is 24.3 Å². The number of hydrogen-bond acceptors (Lipinski definition) is 3. The minimum absolute atomic E-state index is 0.669. The second kappa shape index (κ2) is 8.05. The van der Waals surface area contributed by atoms with Gasteiger partial charge in [0.2, 0.25) is 0 Å². The van der Waals surface area contributed by atoms with Gasteiger partial charge in [-0.15, -0.1) is 0 Å². The lowest BCUT2D eigenvalue weighted by atomic mass is 9.90. The van der Waals surface area contributed by atoms with Crippen molar-refractivity contribution in [3.05, 3.63) is 24.3 Å². The van der Waals surface area contributed by atoms with Crippen LogP contribution in [0.1, 0.15) is 38.5 Å². The van der Waals surface area contributed by atoms with Gasteiger partial charge in [-0.25, -0.2) is 0 Å². The first-order chi connectivity index (χ1) is 9.38. The summed E-state index contributed by atoms with van der Waals surface area (Å²) in [6.07, 6.45) is 7.65. The fraction of sp³-hybridized carbons (Fsp3) is 0.625. The lowest BCUT2D eigenvalue weighted by molar-refractivity contribution is 0.208. The number of rotatable bonds is 7. The van der Waals surface area contributed by atoms with E-state index in [-0.39, 0.29) is 0 Å². The third kappa shape index (κ3) is 5.11. The Bertz CT molecular complexity index is 344. The van der Waals surface area contributed by atoms with E-state index in [4.69, 9.17) is 15.2 Å². The van der Waals surface area contributed by atoms with E-state index >= 15 is 0 Å². The van der Waals surface area contributed by atoms with Crippen LogP contribution in [0, 0.1) is 5.92 Å². The Labute approximate surface area is 116 Å². The van der Waals surface area contributed by atoms with E-state index in [2.05, 4.69) is 0 Å². The second-order valence-corrected chi connectivity index (χ2v) is 5.28. The molecule has 3 nitrogen and oxygen atoms in total. The molecule has 0 amide bonds. The standard InChI is InChI=1S/C16H25NO2/c17-11-4-12-18-15-7-9-16(10-8-15)19-13-14-5-2-1-3-6-14/h7-10,14H,1-6,11-13,17H2. The van der Waals surface area contributed by atoms with Crippen molar-refractivity contribution in [3.63, 3.8) is 0 Å². The SMILES string of the molecule is NCCCOc1ccc(OCC2CCCCC2)cc1. The summed E-state index contributed by atoms with van der Waals surface area (Å²) in [5, 5.41) is 0. The molecule has 1 aliphatic rings. The lowest BCUT2D eigenvalue weighted by Crippen LogP contribution is -2.15. The summed E-state index contributed by atoms with van der Waals surface area (Å²) in [6.45, 7) is 2.20. The predicted molar refractivity (Wildman–Crippen MR) is 77.7 cm³/mol.